The van der Waals surface area contributed by atoms with E-state index in [0.29, 0.717) is 11.5 Å². The van der Waals surface area contributed by atoms with Crippen LogP contribution < -0.4 is 15.5 Å². The van der Waals surface area contributed by atoms with Crippen LogP contribution in [0.15, 0.2) is 24.3 Å². The van der Waals surface area contributed by atoms with Crippen molar-refractivity contribution in [3.63, 3.8) is 0 Å². The van der Waals surface area contributed by atoms with E-state index in [0.717, 1.165) is 11.3 Å². The zero-order valence-corrected chi connectivity index (χ0v) is 16.6. The van der Waals surface area contributed by atoms with Gasteiger partial charge in [0.1, 0.15) is 0 Å². The summed E-state index contributed by atoms with van der Waals surface area (Å²) < 4.78 is 0. The summed E-state index contributed by atoms with van der Waals surface area (Å²) in [4.78, 5) is 25.5. The number of thiol groups is 1. The molecular formula is C17H27N3O2S2. The summed E-state index contributed by atoms with van der Waals surface area (Å²) in [6, 6.07) is 8.14. The average Bonchev–Trinajstić information content (AvgIpc) is 2.58. The molecule has 0 aliphatic rings. The predicted molar refractivity (Wildman–Crippen MR) is 106 cm³/mol. The van der Waals surface area contributed by atoms with E-state index in [2.05, 4.69) is 23.3 Å². The summed E-state index contributed by atoms with van der Waals surface area (Å²) >= 11 is 5.54. The second kappa shape index (κ2) is 9.22. The number of rotatable bonds is 8. The summed E-state index contributed by atoms with van der Waals surface area (Å²) in [5.74, 6) is 0.403. The molecule has 0 fully saturated rings. The van der Waals surface area contributed by atoms with Gasteiger partial charge in [-0.3, -0.25) is 9.59 Å². The fourth-order valence-corrected chi connectivity index (χ4v) is 3.18. The minimum absolute atomic E-state index is 0.174. The summed E-state index contributed by atoms with van der Waals surface area (Å²) in [5.41, 5.74) is 2.21. The van der Waals surface area contributed by atoms with Crippen LogP contribution in [-0.4, -0.2) is 43.6 Å². The third-order valence-electron chi connectivity index (χ3n) is 3.72. The quantitative estimate of drug-likeness (QED) is 0.485. The van der Waals surface area contributed by atoms with Crippen LogP contribution in [0.4, 0.5) is 5.69 Å². The maximum atomic E-state index is 12.3. The van der Waals surface area contributed by atoms with Crippen LogP contribution in [0.2, 0.25) is 0 Å². The normalized spacial score (nSPS) is 14.4. The Balaban J connectivity index is 2.82. The molecule has 1 rings (SSSR count). The molecule has 134 valence electrons. The lowest BCUT2D eigenvalue weighted by Gasteiger charge is -2.29. The molecule has 0 aliphatic heterocycles. The molecule has 2 N–H and O–H groups in total. The van der Waals surface area contributed by atoms with Gasteiger partial charge in [0.15, 0.2) is 4.87 Å². The van der Waals surface area contributed by atoms with Gasteiger partial charge in [-0.2, -0.15) is 12.6 Å². The SMILES string of the molecule is CNC(=O)[C@@](C)(NC(=O)C(C)CS)SCc1ccc(N(C)C)cc1. The Labute approximate surface area is 154 Å². The molecule has 0 saturated heterocycles. The van der Waals surface area contributed by atoms with Crippen molar-refractivity contribution in [3.8, 4) is 0 Å². The van der Waals surface area contributed by atoms with E-state index >= 15 is 0 Å². The second-order valence-corrected chi connectivity index (χ2v) is 7.79. The number of nitrogens with zero attached hydrogens (tertiary/aromatic N) is 1. The Bertz CT molecular complexity index is 563. The summed E-state index contributed by atoms with van der Waals surface area (Å²) in [6.45, 7) is 3.52. The van der Waals surface area contributed by atoms with Crippen molar-refractivity contribution in [1.29, 1.82) is 0 Å². The number of nitrogens with one attached hydrogen (secondary N) is 2. The minimum Gasteiger partial charge on any atom is -0.378 e. The Kier molecular flexibility index (Phi) is 7.96. The number of likely N-dealkylation sites (N-methyl/N-ethyl adjacent to an activating group) is 1. The van der Waals surface area contributed by atoms with Crippen molar-refractivity contribution in [2.75, 3.05) is 31.8 Å². The topological polar surface area (TPSA) is 61.4 Å². The van der Waals surface area contributed by atoms with Gasteiger partial charge in [0, 0.05) is 44.3 Å². The Morgan fingerprint density at radius 1 is 1.29 bits per heavy atom. The van der Waals surface area contributed by atoms with Gasteiger partial charge >= 0.3 is 0 Å². The highest BCUT2D eigenvalue weighted by Gasteiger charge is 2.35. The second-order valence-electron chi connectivity index (χ2n) is 6.03. The Morgan fingerprint density at radius 2 is 1.88 bits per heavy atom. The first-order chi connectivity index (χ1) is 11.2. The summed E-state index contributed by atoms with van der Waals surface area (Å²) in [5, 5.41) is 5.48. The molecule has 0 bridgehead atoms. The molecular weight excluding hydrogens is 342 g/mol. The number of hydrogen-bond acceptors (Lipinski definition) is 5. The van der Waals surface area contributed by atoms with Crippen molar-refractivity contribution >= 4 is 41.9 Å². The molecule has 0 radical (unpaired) electrons. The number of amides is 2. The van der Waals surface area contributed by atoms with Crippen molar-refractivity contribution in [2.24, 2.45) is 5.92 Å². The first-order valence-electron chi connectivity index (χ1n) is 7.78. The third kappa shape index (κ3) is 5.63. The lowest BCUT2D eigenvalue weighted by Crippen LogP contribution is -2.55. The molecule has 1 unspecified atom stereocenters. The molecule has 2 atom stereocenters. The Hall–Kier alpha value is -1.34. The van der Waals surface area contributed by atoms with E-state index in [4.69, 9.17) is 0 Å². The molecule has 7 heteroatoms. The number of hydrogen-bond donors (Lipinski definition) is 3. The van der Waals surface area contributed by atoms with Crippen LogP contribution >= 0.6 is 24.4 Å². The van der Waals surface area contributed by atoms with E-state index in [1.807, 2.05) is 43.3 Å². The van der Waals surface area contributed by atoms with E-state index in [1.165, 1.54) is 11.8 Å². The molecule has 5 nitrogen and oxygen atoms in total. The lowest BCUT2D eigenvalue weighted by molar-refractivity contribution is -0.130. The summed E-state index contributed by atoms with van der Waals surface area (Å²) in [6.07, 6.45) is 0. The van der Waals surface area contributed by atoms with Crippen LogP contribution in [0.25, 0.3) is 0 Å². The third-order valence-corrected chi connectivity index (χ3v) is 5.61. The molecule has 1 aromatic carbocycles. The zero-order valence-electron chi connectivity index (χ0n) is 14.9. The van der Waals surface area contributed by atoms with Gasteiger partial charge in [-0.15, -0.1) is 11.8 Å². The number of anilines is 1. The van der Waals surface area contributed by atoms with Crippen LogP contribution in [0.3, 0.4) is 0 Å². The molecule has 0 saturated carbocycles. The monoisotopic (exact) mass is 369 g/mol. The predicted octanol–water partition coefficient (Wildman–Crippen LogP) is 2.13. The maximum absolute atomic E-state index is 12.3. The molecule has 0 aliphatic carbocycles. The van der Waals surface area contributed by atoms with Gasteiger partial charge in [0.2, 0.25) is 5.91 Å². The zero-order chi connectivity index (χ0) is 18.3. The largest absolute Gasteiger partial charge is 0.378 e. The van der Waals surface area contributed by atoms with Crippen molar-refractivity contribution in [2.45, 2.75) is 24.5 Å². The molecule has 2 amide bonds. The van der Waals surface area contributed by atoms with Crippen molar-refractivity contribution < 1.29 is 9.59 Å². The number of thioether (sulfide) groups is 1. The lowest BCUT2D eigenvalue weighted by atomic mass is 10.2. The van der Waals surface area contributed by atoms with Gasteiger partial charge in [-0.05, 0) is 24.6 Å². The fourth-order valence-electron chi connectivity index (χ4n) is 1.96. The van der Waals surface area contributed by atoms with E-state index < -0.39 is 4.87 Å². The molecule has 24 heavy (non-hydrogen) atoms. The number of carbonyl (C=O) groups is 2. The summed E-state index contributed by atoms with van der Waals surface area (Å²) in [7, 11) is 5.55. The minimum atomic E-state index is -1.02. The van der Waals surface area contributed by atoms with Gasteiger partial charge in [0.05, 0.1) is 0 Å². The number of benzene rings is 1. The maximum Gasteiger partial charge on any atom is 0.255 e. The first-order valence-corrected chi connectivity index (χ1v) is 9.40. The van der Waals surface area contributed by atoms with E-state index in [1.54, 1.807) is 20.9 Å². The van der Waals surface area contributed by atoms with E-state index in [-0.39, 0.29) is 17.7 Å². The molecule has 0 spiro atoms. The molecule has 0 aromatic heterocycles. The van der Waals surface area contributed by atoms with Gasteiger partial charge < -0.3 is 15.5 Å². The van der Waals surface area contributed by atoms with E-state index in [9.17, 15) is 9.59 Å². The molecule has 0 heterocycles. The smallest absolute Gasteiger partial charge is 0.255 e. The van der Waals surface area contributed by atoms with Gasteiger partial charge in [-0.25, -0.2) is 0 Å². The molecule has 1 aromatic rings. The van der Waals surface area contributed by atoms with Crippen molar-refractivity contribution in [1.82, 2.24) is 10.6 Å². The first kappa shape index (κ1) is 20.7. The highest BCUT2D eigenvalue weighted by molar-refractivity contribution is 8.00. The van der Waals surface area contributed by atoms with Crippen LogP contribution in [0.5, 0.6) is 0 Å². The van der Waals surface area contributed by atoms with Crippen molar-refractivity contribution in [3.05, 3.63) is 29.8 Å². The fraction of sp³-hybridized carbons (Fsp3) is 0.529. The average molecular weight is 370 g/mol. The van der Waals surface area contributed by atoms with Crippen LogP contribution in [0.1, 0.15) is 19.4 Å². The number of carbonyl (C=O) groups excluding carboxylic acids is 2. The van der Waals surface area contributed by atoms with Crippen LogP contribution in [0, 0.1) is 5.92 Å². The highest BCUT2D eigenvalue weighted by atomic mass is 32.2. The highest BCUT2D eigenvalue weighted by Crippen LogP contribution is 2.28. The van der Waals surface area contributed by atoms with Gasteiger partial charge in [0.25, 0.3) is 5.91 Å². The standard InChI is InChI=1S/C17H27N3O2S2/c1-12(10-23)15(21)19-17(2,16(22)18-3)24-11-13-6-8-14(9-7-13)20(4)5/h6-9,12,23H,10-11H2,1-5H3,(H,18,22)(H,19,21)/t12?,17-/m0/s1. The van der Waals surface area contributed by atoms with Gasteiger partial charge in [-0.1, -0.05) is 19.1 Å². The Morgan fingerprint density at radius 3 is 2.33 bits per heavy atom. The van der Waals surface area contributed by atoms with Crippen LogP contribution in [-0.2, 0) is 15.3 Å².